The Bertz CT molecular complexity index is 605. The third kappa shape index (κ3) is 3.12. The monoisotopic (exact) mass is 283 g/mol. The maximum absolute atomic E-state index is 4.38. The predicted molar refractivity (Wildman–Crippen MR) is 84.7 cm³/mol. The molecular formula is C16H21N5. The molecule has 1 N–H and O–H groups in total. The van der Waals surface area contributed by atoms with E-state index in [1.807, 2.05) is 20.2 Å². The van der Waals surface area contributed by atoms with E-state index in [9.17, 15) is 0 Å². The molecular weight excluding hydrogens is 262 g/mol. The van der Waals surface area contributed by atoms with Gasteiger partial charge in [0, 0.05) is 38.1 Å². The van der Waals surface area contributed by atoms with Gasteiger partial charge < -0.3 is 10.2 Å². The zero-order chi connectivity index (χ0) is 14.7. The molecule has 0 spiro atoms. The van der Waals surface area contributed by atoms with Gasteiger partial charge >= 0.3 is 0 Å². The molecule has 0 aliphatic carbocycles. The second-order valence-corrected chi connectivity index (χ2v) is 5.50. The van der Waals surface area contributed by atoms with Crippen LogP contribution in [0.4, 0.5) is 11.6 Å². The van der Waals surface area contributed by atoms with Crippen LogP contribution in [0.15, 0.2) is 30.7 Å². The van der Waals surface area contributed by atoms with Gasteiger partial charge in [0.15, 0.2) is 0 Å². The van der Waals surface area contributed by atoms with Crippen molar-refractivity contribution in [2.24, 2.45) is 0 Å². The Morgan fingerprint density at radius 2 is 1.95 bits per heavy atom. The fourth-order valence-electron chi connectivity index (χ4n) is 2.89. The molecule has 2 aromatic rings. The molecule has 0 aromatic carbocycles. The molecule has 0 saturated carbocycles. The molecule has 0 amide bonds. The van der Waals surface area contributed by atoms with Crippen LogP contribution in [-0.4, -0.2) is 35.1 Å². The second kappa shape index (κ2) is 6.08. The van der Waals surface area contributed by atoms with Gasteiger partial charge in [0.25, 0.3) is 0 Å². The van der Waals surface area contributed by atoms with Crippen molar-refractivity contribution in [1.82, 2.24) is 15.0 Å². The highest BCUT2D eigenvalue weighted by atomic mass is 15.2. The van der Waals surface area contributed by atoms with Crippen molar-refractivity contribution in [3.8, 4) is 0 Å². The maximum atomic E-state index is 4.38. The van der Waals surface area contributed by atoms with E-state index in [2.05, 4.69) is 43.4 Å². The van der Waals surface area contributed by atoms with E-state index < -0.39 is 0 Å². The molecule has 3 rings (SSSR count). The van der Waals surface area contributed by atoms with Crippen LogP contribution in [0.1, 0.15) is 30.0 Å². The van der Waals surface area contributed by atoms with E-state index in [0.717, 1.165) is 43.3 Å². The molecule has 0 atom stereocenters. The van der Waals surface area contributed by atoms with Crippen LogP contribution < -0.4 is 10.2 Å². The van der Waals surface area contributed by atoms with Crippen molar-refractivity contribution in [3.63, 3.8) is 0 Å². The van der Waals surface area contributed by atoms with Crippen molar-refractivity contribution in [3.05, 3.63) is 42.0 Å². The van der Waals surface area contributed by atoms with Crippen LogP contribution >= 0.6 is 0 Å². The van der Waals surface area contributed by atoms with E-state index in [0.29, 0.717) is 5.92 Å². The molecule has 1 aliphatic rings. The predicted octanol–water partition coefficient (Wildman–Crippen LogP) is 2.61. The quantitative estimate of drug-likeness (QED) is 0.938. The smallest absolute Gasteiger partial charge is 0.132 e. The zero-order valence-corrected chi connectivity index (χ0v) is 12.6. The molecule has 0 unspecified atom stereocenters. The van der Waals surface area contributed by atoms with Crippen LogP contribution in [0.3, 0.4) is 0 Å². The van der Waals surface area contributed by atoms with Gasteiger partial charge in [0.1, 0.15) is 18.0 Å². The average Bonchev–Trinajstić information content (AvgIpc) is 2.55. The van der Waals surface area contributed by atoms with Crippen molar-refractivity contribution < 1.29 is 0 Å². The summed E-state index contributed by atoms with van der Waals surface area (Å²) in [5.74, 6) is 2.60. The fourth-order valence-corrected chi connectivity index (χ4v) is 2.89. The molecule has 0 bridgehead atoms. The van der Waals surface area contributed by atoms with Gasteiger partial charge in [-0.15, -0.1) is 0 Å². The van der Waals surface area contributed by atoms with Crippen molar-refractivity contribution in [2.45, 2.75) is 25.7 Å². The SMILES string of the molecule is CNc1cc(C2CCN(c3cc(C)ncn3)CC2)ccn1. The summed E-state index contributed by atoms with van der Waals surface area (Å²) in [6.45, 7) is 4.09. The highest BCUT2D eigenvalue weighted by molar-refractivity contribution is 5.41. The molecule has 21 heavy (non-hydrogen) atoms. The van der Waals surface area contributed by atoms with E-state index in [4.69, 9.17) is 0 Å². The lowest BCUT2D eigenvalue weighted by molar-refractivity contribution is 0.502. The van der Waals surface area contributed by atoms with Gasteiger partial charge in [-0.1, -0.05) is 0 Å². The summed E-state index contributed by atoms with van der Waals surface area (Å²) in [5.41, 5.74) is 2.41. The maximum Gasteiger partial charge on any atom is 0.132 e. The molecule has 110 valence electrons. The number of piperidine rings is 1. The first kappa shape index (κ1) is 13.8. The molecule has 1 saturated heterocycles. The molecule has 1 aliphatic heterocycles. The minimum atomic E-state index is 0.610. The number of pyridine rings is 1. The van der Waals surface area contributed by atoms with Crippen LogP contribution in [0.25, 0.3) is 0 Å². The first-order chi connectivity index (χ1) is 10.3. The Morgan fingerprint density at radius 1 is 1.14 bits per heavy atom. The van der Waals surface area contributed by atoms with Gasteiger partial charge in [-0.05, 0) is 43.4 Å². The van der Waals surface area contributed by atoms with E-state index in [-0.39, 0.29) is 0 Å². The lowest BCUT2D eigenvalue weighted by Crippen LogP contribution is -2.33. The van der Waals surface area contributed by atoms with Crippen LogP contribution in [0, 0.1) is 6.92 Å². The summed E-state index contributed by atoms with van der Waals surface area (Å²) in [5, 5.41) is 3.11. The van der Waals surface area contributed by atoms with Gasteiger partial charge in [-0.25, -0.2) is 15.0 Å². The lowest BCUT2D eigenvalue weighted by atomic mass is 9.90. The Labute approximate surface area is 125 Å². The fraction of sp³-hybridized carbons (Fsp3) is 0.438. The van der Waals surface area contributed by atoms with E-state index in [1.165, 1.54) is 5.56 Å². The van der Waals surface area contributed by atoms with Crippen molar-refractivity contribution in [2.75, 3.05) is 30.4 Å². The number of aromatic nitrogens is 3. The van der Waals surface area contributed by atoms with E-state index in [1.54, 1.807) is 6.33 Å². The van der Waals surface area contributed by atoms with Gasteiger partial charge in [0.2, 0.25) is 0 Å². The highest BCUT2D eigenvalue weighted by Crippen LogP contribution is 2.30. The summed E-state index contributed by atoms with van der Waals surface area (Å²) in [4.78, 5) is 15.2. The number of rotatable bonds is 3. The summed E-state index contributed by atoms with van der Waals surface area (Å²) in [6.07, 6.45) is 5.84. The van der Waals surface area contributed by atoms with Gasteiger partial charge in [-0.3, -0.25) is 0 Å². The minimum Gasteiger partial charge on any atom is -0.373 e. The second-order valence-electron chi connectivity index (χ2n) is 5.50. The molecule has 1 fully saturated rings. The third-order valence-electron chi connectivity index (χ3n) is 4.12. The number of anilines is 2. The summed E-state index contributed by atoms with van der Waals surface area (Å²) in [6, 6.07) is 6.36. The first-order valence-corrected chi connectivity index (χ1v) is 7.43. The Balaban J connectivity index is 1.67. The summed E-state index contributed by atoms with van der Waals surface area (Å²) < 4.78 is 0. The van der Waals surface area contributed by atoms with Crippen LogP contribution in [0.5, 0.6) is 0 Å². The number of nitrogens with one attached hydrogen (secondary N) is 1. The number of nitrogens with zero attached hydrogens (tertiary/aromatic N) is 4. The van der Waals surface area contributed by atoms with Gasteiger partial charge in [0.05, 0.1) is 0 Å². The number of hydrogen-bond acceptors (Lipinski definition) is 5. The number of hydrogen-bond donors (Lipinski definition) is 1. The Morgan fingerprint density at radius 3 is 2.67 bits per heavy atom. The molecule has 3 heterocycles. The molecule has 5 nitrogen and oxygen atoms in total. The van der Waals surface area contributed by atoms with E-state index >= 15 is 0 Å². The van der Waals surface area contributed by atoms with Crippen LogP contribution in [-0.2, 0) is 0 Å². The Hall–Kier alpha value is -2.17. The molecule has 5 heteroatoms. The van der Waals surface area contributed by atoms with Crippen LogP contribution in [0.2, 0.25) is 0 Å². The number of aryl methyl sites for hydroxylation is 1. The van der Waals surface area contributed by atoms with Crippen molar-refractivity contribution >= 4 is 11.6 Å². The standard InChI is InChI=1S/C16H21N5/c1-12-9-16(20-11-19-12)21-7-4-13(5-8-21)14-3-6-18-15(10-14)17-2/h3,6,9-11,13H,4-5,7-8H2,1-2H3,(H,17,18). The third-order valence-corrected chi connectivity index (χ3v) is 4.12. The highest BCUT2D eigenvalue weighted by Gasteiger charge is 2.21. The molecule has 2 aromatic heterocycles. The minimum absolute atomic E-state index is 0.610. The Kier molecular flexibility index (Phi) is 3.99. The zero-order valence-electron chi connectivity index (χ0n) is 12.6. The summed E-state index contributed by atoms with van der Waals surface area (Å²) in [7, 11) is 1.91. The summed E-state index contributed by atoms with van der Waals surface area (Å²) >= 11 is 0. The van der Waals surface area contributed by atoms with Crippen molar-refractivity contribution in [1.29, 1.82) is 0 Å². The average molecular weight is 283 g/mol. The molecule has 0 radical (unpaired) electrons. The largest absolute Gasteiger partial charge is 0.373 e. The first-order valence-electron chi connectivity index (χ1n) is 7.43. The topological polar surface area (TPSA) is 53.9 Å². The lowest BCUT2D eigenvalue weighted by Gasteiger charge is -2.33. The normalized spacial score (nSPS) is 16.0. The van der Waals surface area contributed by atoms with Gasteiger partial charge in [-0.2, -0.15) is 0 Å².